The van der Waals surface area contributed by atoms with Crippen LogP contribution in [0.4, 0.5) is 13.2 Å². The van der Waals surface area contributed by atoms with Crippen molar-refractivity contribution in [1.29, 1.82) is 0 Å². The lowest BCUT2D eigenvalue weighted by Gasteiger charge is -2.18. The Morgan fingerprint density at radius 2 is 1.57 bits per heavy atom. The van der Waals surface area contributed by atoms with E-state index in [1.54, 1.807) is 13.8 Å². The molecule has 0 atom stereocenters. The smallest absolute Gasteiger partial charge is 0.416 e. The van der Waals surface area contributed by atoms with Gasteiger partial charge in [-0.05, 0) is 36.4 Å². The summed E-state index contributed by atoms with van der Waals surface area (Å²) in [6.45, 7) is 3.24. The van der Waals surface area contributed by atoms with Crippen LogP contribution in [0.1, 0.15) is 40.1 Å². The van der Waals surface area contributed by atoms with E-state index < -0.39 is 40.1 Å². The van der Waals surface area contributed by atoms with Crippen molar-refractivity contribution in [3.8, 4) is 0 Å². The molecule has 0 aromatic heterocycles. The third-order valence-electron chi connectivity index (χ3n) is 4.28. The molecule has 2 aromatic carbocycles. The lowest BCUT2D eigenvalue weighted by Crippen LogP contribution is -2.30. The number of carbonyl (C=O) groups is 2. The van der Waals surface area contributed by atoms with E-state index in [2.05, 4.69) is 0 Å². The Balaban J connectivity index is 2.06. The van der Waals surface area contributed by atoms with Crippen molar-refractivity contribution in [2.45, 2.75) is 24.9 Å². The van der Waals surface area contributed by atoms with Crippen LogP contribution in [0.3, 0.4) is 0 Å². The summed E-state index contributed by atoms with van der Waals surface area (Å²) in [6.07, 6.45) is -4.60. The van der Waals surface area contributed by atoms with Gasteiger partial charge in [0.15, 0.2) is 12.4 Å². The predicted molar refractivity (Wildman–Crippen MR) is 103 cm³/mol. The van der Waals surface area contributed by atoms with E-state index in [9.17, 15) is 31.2 Å². The molecule has 0 heterocycles. The summed E-state index contributed by atoms with van der Waals surface area (Å²) in [4.78, 5) is 24.2. The van der Waals surface area contributed by atoms with E-state index in [1.807, 2.05) is 0 Å². The molecule has 0 aliphatic carbocycles. The second kappa shape index (κ2) is 9.40. The first-order valence-corrected chi connectivity index (χ1v) is 10.4. The summed E-state index contributed by atoms with van der Waals surface area (Å²) >= 11 is 0. The number of sulfonamides is 1. The highest BCUT2D eigenvalue weighted by molar-refractivity contribution is 7.89. The molecule has 2 rings (SSSR count). The number of halogens is 3. The van der Waals surface area contributed by atoms with Gasteiger partial charge >= 0.3 is 12.1 Å². The van der Waals surface area contributed by atoms with Crippen molar-refractivity contribution in [2.24, 2.45) is 0 Å². The fourth-order valence-corrected chi connectivity index (χ4v) is 4.10. The molecule has 0 spiro atoms. The second-order valence-corrected chi connectivity index (χ2v) is 8.13. The van der Waals surface area contributed by atoms with Gasteiger partial charge in [-0.25, -0.2) is 13.2 Å². The van der Waals surface area contributed by atoms with Gasteiger partial charge in [-0.3, -0.25) is 4.79 Å². The summed E-state index contributed by atoms with van der Waals surface area (Å²) in [7, 11) is -3.69. The number of Topliss-reactive ketones (excluding diaryl/α,β-unsaturated/α-hetero) is 1. The summed E-state index contributed by atoms with van der Waals surface area (Å²) in [5.41, 5.74) is -1.21. The number of nitrogens with zero attached hydrogens (tertiary/aromatic N) is 1. The number of esters is 1. The molecule has 0 radical (unpaired) electrons. The molecule has 0 bridgehead atoms. The zero-order chi connectivity index (χ0) is 22.5. The molecule has 0 aliphatic heterocycles. The van der Waals surface area contributed by atoms with Crippen LogP contribution in [-0.2, 0) is 20.9 Å². The van der Waals surface area contributed by atoms with E-state index in [0.717, 1.165) is 12.1 Å². The molecule has 10 heteroatoms. The largest absolute Gasteiger partial charge is 0.454 e. The molecule has 0 saturated heterocycles. The third kappa shape index (κ3) is 5.45. The lowest BCUT2D eigenvalue weighted by atomic mass is 10.1. The number of benzene rings is 2. The molecule has 30 heavy (non-hydrogen) atoms. The molecule has 0 amide bonds. The Labute approximate surface area is 172 Å². The van der Waals surface area contributed by atoms with Crippen LogP contribution in [0.2, 0.25) is 0 Å². The predicted octanol–water partition coefficient (Wildman–Crippen LogP) is 3.78. The quantitative estimate of drug-likeness (QED) is 0.458. The van der Waals surface area contributed by atoms with Crippen molar-refractivity contribution in [3.05, 3.63) is 65.2 Å². The van der Waals surface area contributed by atoms with Crippen LogP contribution in [0, 0.1) is 0 Å². The number of carbonyl (C=O) groups excluding carboxylic acids is 2. The molecule has 0 N–H and O–H groups in total. The maximum absolute atomic E-state index is 12.7. The SMILES string of the molecule is CCN(CC)S(=O)(=O)c1ccc(C(=O)OCC(=O)c2cccc(C(F)(F)F)c2)cc1. The van der Waals surface area contributed by atoms with Gasteiger partial charge in [-0.2, -0.15) is 17.5 Å². The summed E-state index contributed by atoms with van der Waals surface area (Å²) in [5.74, 6) is -1.70. The average molecular weight is 443 g/mol. The minimum Gasteiger partial charge on any atom is -0.454 e. The maximum Gasteiger partial charge on any atom is 0.416 e. The van der Waals surface area contributed by atoms with Crippen molar-refractivity contribution < 1.29 is 35.9 Å². The monoisotopic (exact) mass is 443 g/mol. The van der Waals surface area contributed by atoms with Gasteiger partial charge in [-0.1, -0.05) is 26.0 Å². The molecule has 0 unspecified atom stereocenters. The first-order chi connectivity index (χ1) is 14.0. The number of hydrogen-bond acceptors (Lipinski definition) is 5. The molecule has 0 saturated carbocycles. The first kappa shape index (κ1) is 23.6. The standard InChI is InChI=1S/C20H20F3NO5S/c1-3-24(4-2)30(27,28)17-10-8-14(9-11-17)19(26)29-13-18(25)15-6-5-7-16(12-15)20(21,22)23/h5-12H,3-4,13H2,1-2H3. The summed E-state index contributed by atoms with van der Waals surface area (Å²) in [6, 6.07) is 8.78. The number of rotatable bonds is 8. The zero-order valence-corrected chi connectivity index (χ0v) is 17.1. The van der Waals surface area contributed by atoms with Gasteiger partial charge in [0.25, 0.3) is 0 Å². The van der Waals surface area contributed by atoms with E-state index in [4.69, 9.17) is 4.74 Å². The van der Waals surface area contributed by atoms with Gasteiger partial charge in [0.05, 0.1) is 16.0 Å². The van der Waals surface area contributed by atoms with Gasteiger partial charge < -0.3 is 4.74 Å². The van der Waals surface area contributed by atoms with Crippen LogP contribution in [-0.4, -0.2) is 44.2 Å². The van der Waals surface area contributed by atoms with Gasteiger partial charge in [0.1, 0.15) is 0 Å². The minimum atomic E-state index is -4.60. The van der Waals surface area contributed by atoms with Crippen LogP contribution >= 0.6 is 0 Å². The molecule has 162 valence electrons. The van der Waals surface area contributed by atoms with Crippen molar-refractivity contribution >= 4 is 21.8 Å². The van der Waals surface area contributed by atoms with E-state index in [0.29, 0.717) is 19.2 Å². The van der Waals surface area contributed by atoms with E-state index in [-0.39, 0.29) is 16.0 Å². The highest BCUT2D eigenvalue weighted by atomic mass is 32.2. The topological polar surface area (TPSA) is 80.8 Å². The number of hydrogen-bond donors (Lipinski definition) is 0. The Morgan fingerprint density at radius 3 is 2.10 bits per heavy atom. The summed E-state index contributed by atoms with van der Waals surface area (Å²) < 4.78 is 69.2. The van der Waals surface area contributed by atoms with Gasteiger partial charge in [0, 0.05) is 18.7 Å². The lowest BCUT2D eigenvalue weighted by molar-refractivity contribution is -0.137. The van der Waals surface area contributed by atoms with Crippen LogP contribution in [0.5, 0.6) is 0 Å². The Kier molecular flexibility index (Phi) is 7.38. The van der Waals surface area contributed by atoms with Crippen LogP contribution in [0.25, 0.3) is 0 Å². The van der Waals surface area contributed by atoms with Crippen molar-refractivity contribution in [1.82, 2.24) is 4.31 Å². The summed E-state index contributed by atoms with van der Waals surface area (Å²) in [5, 5.41) is 0. The minimum absolute atomic E-state index is 0.00259. The molecule has 2 aromatic rings. The van der Waals surface area contributed by atoms with Crippen molar-refractivity contribution in [2.75, 3.05) is 19.7 Å². The second-order valence-electron chi connectivity index (χ2n) is 6.19. The van der Waals surface area contributed by atoms with Crippen molar-refractivity contribution in [3.63, 3.8) is 0 Å². The zero-order valence-electron chi connectivity index (χ0n) is 16.3. The maximum atomic E-state index is 12.7. The highest BCUT2D eigenvalue weighted by Gasteiger charge is 2.31. The van der Waals surface area contributed by atoms with Crippen LogP contribution < -0.4 is 0 Å². The normalized spacial score (nSPS) is 12.1. The fourth-order valence-electron chi connectivity index (χ4n) is 2.64. The first-order valence-electron chi connectivity index (χ1n) is 8.98. The van der Waals surface area contributed by atoms with Gasteiger partial charge in [0.2, 0.25) is 10.0 Å². The van der Waals surface area contributed by atoms with Crippen LogP contribution in [0.15, 0.2) is 53.4 Å². The molecule has 0 fully saturated rings. The fraction of sp³-hybridized carbons (Fsp3) is 0.300. The molecular weight excluding hydrogens is 423 g/mol. The molecule has 6 nitrogen and oxygen atoms in total. The highest BCUT2D eigenvalue weighted by Crippen LogP contribution is 2.29. The number of alkyl halides is 3. The Morgan fingerprint density at radius 1 is 0.967 bits per heavy atom. The molecule has 0 aliphatic rings. The van der Waals surface area contributed by atoms with E-state index in [1.165, 1.54) is 34.6 Å². The van der Waals surface area contributed by atoms with E-state index >= 15 is 0 Å². The average Bonchev–Trinajstić information content (AvgIpc) is 2.72. The Hall–Kier alpha value is -2.72. The van der Waals surface area contributed by atoms with Gasteiger partial charge in [-0.15, -0.1) is 0 Å². The number of ketones is 1. The molecular formula is C20H20F3NO5S. The third-order valence-corrected chi connectivity index (χ3v) is 6.34. The number of ether oxygens (including phenoxy) is 1. The Bertz CT molecular complexity index is 1010.